The van der Waals surface area contributed by atoms with Crippen LogP contribution in [-0.2, 0) is 11.3 Å². The number of benzene rings is 2. The van der Waals surface area contributed by atoms with Crippen LogP contribution in [0.15, 0.2) is 46.9 Å². The number of amides is 2. The van der Waals surface area contributed by atoms with Crippen LogP contribution in [0.5, 0.6) is 0 Å². The zero-order valence-corrected chi connectivity index (χ0v) is 16.3. The molecule has 7 heteroatoms. The average molecular weight is 434 g/mol. The molecule has 2 aromatic carbocycles. The van der Waals surface area contributed by atoms with E-state index in [0.717, 1.165) is 38.0 Å². The van der Waals surface area contributed by atoms with Crippen molar-refractivity contribution in [2.75, 3.05) is 18.4 Å². The topological polar surface area (TPSA) is 75.4 Å². The maximum atomic E-state index is 13.5. The van der Waals surface area contributed by atoms with Crippen LogP contribution in [-0.4, -0.2) is 29.8 Å². The molecule has 1 aliphatic rings. The van der Waals surface area contributed by atoms with Gasteiger partial charge in [-0.15, -0.1) is 0 Å². The van der Waals surface area contributed by atoms with Crippen molar-refractivity contribution in [2.45, 2.75) is 19.4 Å². The van der Waals surface area contributed by atoms with Crippen molar-refractivity contribution >= 4 is 33.4 Å². The smallest absolute Gasteiger partial charge is 0.255 e. The average Bonchev–Trinajstić information content (AvgIpc) is 2.61. The first kappa shape index (κ1) is 19.5. The molecular formula is C20H21BrFN3O2. The first-order valence-corrected chi connectivity index (χ1v) is 9.58. The first-order valence-electron chi connectivity index (χ1n) is 8.79. The molecule has 142 valence electrons. The molecule has 5 nitrogen and oxygen atoms in total. The summed E-state index contributed by atoms with van der Waals surface area (Å²) in [5.74, 6) is -1.09. The number of anilines is 1. The van der Waals surface area contributed by atoms with Crippen LogP contribution in [0, 0.1) is 11.7 Å². The highest BCUT2D eigenvalue weighted by molar-refractivity contribution is 9.10. The van der Waals surface area contributed by atoms with E-state index >= 15 is 0 Å². The normalized spacial score (nSPS) is 15.5. The van der Waals surface area contributed by atoms with E-state index in [1.165, 1.54) is 12.1 Å². The van der Waals surface area contributed by atoms with Gasteiger partial charge < -0.3 is 11.1 Å². The fourth-order valence-electron chi connectivity index (χ4n) is 3.27. The molecule has 2 aromatic rings. The van der Waals surface area contributed by atoms with Crippen LogP contribution in [0.2, 0.25) is 0 Å². The summed E-state index contributed by atoms with van der Waals surface area (Å²) in [5, 5.41) is 2.81. The Hall–Kier alpha value is -2.25. The largest absolute Gasteiger partial charge is 0.369 e. The van der Waals surface area contributed by atoms with E-state index in [1.54, 1.807) is 12.1 Å². The molecule has 0 unspecified atom stereocenters. The van der Waals surface area contributed by atoms with Crippen LogP contribution in [0.25, 0.3) is 0 Å². The molecule has 2 amide bonds. The third-order valence-corrected chi connectivity index (χ3v) is 5.16. The summed E-state index contributed by atoms with van der Waals surface area (Å²) in [6, 6.07) is 11.7. The lowest BCUT2D eigenvalue weighted by atomic mass is 9.96. The standard InChI is InChI=1S/C20H21BrFN3O2/c21-16-9-15(10-17(22)11-16)20(27)24-18-3-1-2-13(8-18)12-25-6-4-14(5-7-25)19(23)26/h1-3,8-11,14H,4-7,12H2,(H2,23,26)(H,24,27). The summed E-state index contributed by atoms with van der Waals surface area (Å²) in [6.45, 7) is 2.38. The Labute approximate surface area is 165 Å². The van der Waals surface area contributed by atoms with E-state index in [4.69, 9.17) is 5.73 Å². The molecule has 3 N–H and O–H groups in total. The predicted octanol–water partition coefficient (Wildman–Crippen LogP) is 3.54. The van der Waals surface area contributed by atoms with Crippen LogP contribution >= 0.6 is 15.9 Å². The summed E-state index contributed by atoms with van der Waals surface area (Å²) in [5.41, 5.74) is 7.34. The lowest BCUT2D eigenvalue weighted by molar-refractivity contribution is -0.123. The minimum atomic E-state index is -0.470. The van der Waals surface area contributed by atoms with Gasteiger partial charge in [-0.2, -0.15) is 0 Å². The van der Waals surface area contributed by atoms with Gasteiger partial charge in [-0.05, 0) is 61.8 Å². The van der Waals surface area contributed by atoms with Crippen LogP contribution < -0.4 is 11.1 Å². The Morgan fingerprint density at radius 3 is 2.59 bits per heavy atom. The number of primary amides is 1. The number of hydrogen-bond acceptors (Lipinski definition) is 3. The molecule has 0 aromatic heterocycles. The van der Waals surface area contributed by atoms with Gasteiger partial charge in [0.2, 0.25) is 5.91 Å². The summed E-state index contributed by atoms with van der Waals surface area (Å²) in [7, 11) is 0. The van der Waals surface area contributed by atoms with E-state index in [9.17, 15) is 14.0 Å². The summed E-state index contributed by atoms with van der Waals surface area (Å²) in [6.07, 6.45) is 1.56. The van der Waals surface area contributed by atoms with Gasteiger partial charge in [0.15, 0.2) is 0 Å². The second kappa shape index (κ2) is 8.63. The lowest BCUT2D eigenvalue weighted by Crippen LogP contribution is -2.38. The molecule has 1 saturated heterocycles. The Morgan fingerprint density at radius 1 is 1.19 bits per heavy atom. The zero-order valence-electron chi connectivity index (χ0n) is 14.8. The second-order valence-corrected chi connectivity index (χ2v) is 7.68. The van der Waals surface area contributed by atoms with Gasteiger partial charge in [0.25, 0.3) is 5.91 Å². The molecule has 1 heterocycles. The van der Waals surface area contributed by atoms with Gasteiger partial charge in [0.05, 0.1) is 0 Å². The molecule has 1 fully saturated rings. The molecule has 0 radical (unpaired) electrons. The number of nitrogens with zero attached hydrogens (tertiary/aromatic N) is 1. The van der Waals surface area contributed by atoms with E-state index in [0.29, 0.717) is 10.2 Å². The quantitative estimate of drug-likeness (QED) is 0.756. The molecule has 0 aliphatic carbocycles. The molecule has 1 aliphatic heterocycles. The van der Waals surface area contributed by atoms with Crippen LogP contribution in [0.4, 0.5) is 10.1 Å². The highest BCUT2D eigenvalue weighted by atomic mass is 79.9. The van der Waals surface area contributed by atoms with Crippen molar-refractivity contribution in [3.05, 3.63) is 63.9 Å². The summed E-state index contributed by atoms with van der Waals surface area (Å²) in [4.78, 5) is 25.9. The number of nitrogens with one attached hydrogen (secondary N) is 1. The maximum absolute atomic E-state index is 13.5. The number of rotatable bonds is 5. The van der Waals surface area contributed by atoms with Crippen LogP contribution in [0.3, 0.4) is 0 Å². The summed E-state index contributed by atoms with van der Waals surface area (Å²) >= 11 is 3.19. The van der Waals surface area contributed by atoms with E-state index in [2.05, 4.69) is 26.1 Å². The lowest BCUT2D eigenvalue weighted by Gasteiger charge is -2.30. The predicted molar refractivity (Wildman–Crippen MR) is 106 cm³/mol. The van der Waals surface area contributed by atoms with Gasteiger partial charge in [0, 0.05) is 28.2 Å². The number of carbonyl (C=O) groups is 2. The minimum absolute atomic E-state index is 0.0301. The third kappa shape index (κ3) is 5.37. The SMILES string of the molecule is NC(=O)C1CCN(Cc2cccc(NC(=O)c3cc(F)cc(Br)c3)c2)CC1. The fourth-order valence-corrected chi connectivity index (χ4v) is 3.73. The van der Waals surface area contributed by atoms with Gasteiger partial charge in [-0.3, -0.25) is 14.5 Å². The van der Waals surface area contributed by atoms with E-state index < -0.39 is 5.82 Å². The number of carbonyl (C=O) groups excluding carboxylic acids is 2. The highest BCUT2D eigenvalue weighted by Crippen LogP contribution is 2.21. The summed E-state index contributed by atoms with van der Waals surface area (Å²) < 4.78 is 14.0. The van der Waals surface area contributed by atoms with Crippen molar-refractivity contribution in [3.63, 3.8) is 0 Å². The zero-order chi connectivity index (χ0) is 19.4. The van der Waals surface area contributed by atoms with Gasteiger partial charge >= 0.3 is 0 Å². The first-order chi connectivity index (χ1) is 12.9. The Kier molecular flexibility index (Phi) is 6.23. The van der Waals surface area contributed by atoms with E-state index in [-0.39, 0.29) is 23.3 Å². The molecule has 0 bridgehead atoms. The van der Waals surface area contributed by atoms with Crippen molar-refractivity contribution in [2.24, 2.45) is 11.7 Å². The van der Waals surface area contributed by atoms with Gasteiger partial charge in [0.1, 0.15) is 5.82 Å². The molecular weight excluding hydrogens is 413 g/mol. The molecule has 27 heavy (non-hydrogen) atoms. The second-order valence-electron chi connectivity index (χ2n) is 6.77. The van der Waals surface area contributed by atoms with Gasteiger partial charge in [-0.25, -0.2) is 4.39 Å². The highest BCUT2D eigenvalue weighted by Gasteiger charge is 2.23. The fraction of sp³-hybridized carbons (Fsp3) is 0.300. The number of piperidine rings is 1. The monoisotopic (exact) mass is 433 g/mol. The van der Waals surface area contributed by atoms with Crippen molar-refractivity contribution in [1.82, 2.24) is 4.90 Å². The maximum Gasteiger partial charge on any atom is 0.255 e. The van der Waals surface area contributed by atoms with Gasteiger partial charge in [-0.1, -0.05) is 28.1 Å². The molecule has 0 saturated carbocycles. The van der Waals surface area contributed by atoms with Crippen molar-refractivity contribution in [1.29, 1.82) is 0 Å². The van der Waals surface area contributed by atoms with Crippen molar-refractivity contribution < 1.29 is 14.0 Å². The van der Waals surface area contributed by atoms with Crippen LogP contribution in [0.1, 0.15) is 28.8 Å². The number of hydrogen-bond donors (Lipinski definition) is 2. The number of likely N-dealkylation sites (tertiary alicyclic amines) is 1. The molecule has 0 atom stereocenters. The number of halogens is 2. The Balaban J connectivity index is 1.62. The Bertz CT molecular complexity index is 831. The van der Waals surface area contributed by atoms with E-state index in [1.807, 2.05) is 18.2 Å². The van der Waals surface area contributed by atoms with Crippen molar-refractivity contribution in [3.8, 4) is 0 Å². The molecule has 0 spiro atoms. The Morgan fingerprint density at radius 2 is 1.93 bits per heavy atom. The molecule has 3 rings (SSSR count). The third-order valence-electron chi connectivity index (χ3n) is 4.71. The minimum Gasteiger partial charge on any atom is -0.369 e. The number of nitrogens with two attached hydrogens (primary N) is 1.